The maximum Gasteiger partial charge on any atom is 0.416 e. The molecule has 0 saturated heterocycles. The Kier molecular flexibility index (Phi) is 3.77. The summed E-state index contributed by atoms with van der Waals surface area (Å²) in [6.07, 6.45) is -4.25. The van der Waals surface area contributed by atoms with E-state index in [0.29, 0.717) is 12.1 Å². The monoisotopic (exact) mass is 315 g/mol. The van der Waals surface area contributed by atoms with Crippen molar-refractivity contribution in [2.75, 3.05) is 7.05 Å². The number of rotatable bonds is 2. The Morgan fingerprint density at radius 2 is 2.00 bits per heavy atom. The summed E-state index contributed by atoms with van der Waals surface area (Å²) in [5.74, 6) is 0. The van der Waals surface area contributed by atoms with Crippen LogP contribution in [0, 0.1) is 0 Å². The van der Waals surface area contributed by atoms with E-state index in [4.69, 9.17) is 0 Å². The first-order valence-electron chi connectivity index (χ1n) is 3.92. The van der Waals surface area contributed by atoms with Crippen molar-refractivity contribution >= 4 is 22.9 Å². The summed E-state index contributed by atoms with van der Waals surface area (Å²) in [4.78, 5) is 0. The summed E-state index contributed by atoms with van der Waals surface area (Å²) >= 11 is 2.03. The van der Waals surface area contributed by atoms with Gasteiger partial charge in [0.1, 0.15) is 0 Å². The minimum absolute atomic E-state index is 0.504. The van der Waals surface area contributed by atoms with Crippen molar-refractivity contribution in [2.24, 2.45) is 0 Å². The first-order chi connectivity index (χ1) is 6.39. The normalized spacial score (nSPS) is 12.1. The van der Waals surface area contributed by atoms with E-state index in [9.17, 15) is 13.2 Å². The molecule has 0 aliphatic carbocycles. The molecule has 0 atom stereocenters. The molecule has 0 saturated carbocycles. The second-order valence-corrected chi connectivity index (χ2v) is 4.61. The fourth-order valence-corrected chi connectivity index (χ4v) is 1.49. The van der Waals surface area contributed by atoms with E-state index in [1.165, 1.54) is 12.1 Å². The molecule has 0 unspecified atom stereocenters. The van der Waals surface area contributed by atoms with Crippen molar-refractivity contribution < 1.29 is 13.2 Å². The minimum atomic E-state index is -4.25. The molecule has 5 heteroatoms. The Bertz CT molecular complexity index is 309. The highest BCUT2D eigenvalue weighted by Crippen LogP contribution is 2.29. The fraction of sp³-hybridized carbons (Fsp3) is 0.333. The second kappa shape index (κ2) is 4.48. The fourth-order valence-electron chi connectivity index (χ4n) is 1.10. The zero-order valence-corrected chi connectivity index (χ0v) is 9.63. The van der Waals surface area contributed by atoms with E-state index in [-0.39, 0.29) is 0 Å². The van der Waals surface area contributed by atoms with Gasteiger partial charge >= 0.3 is 6.18 Å². The third-order valence-corrected chi connectivity index (χ3v) is 2.00. The molecular formula is C9H9F3IN. The zero-order chi connectivity index (χ0) is 10.8. The van der Waals surface area contributed by atoms with E-state index in [1.54, 1.807) is 16.2 Å². The highest BCUT2D eigenvalue weighted by molar-refractivity contribution is 14.1. The van der Waals surface area contributed by atoms with Gasteiger partial charge in [0.25, 0.3) is 0 Å². The van der Waals surface area contributed by atoms with Crippen LogP contribution in [-0.4, -0.2) is 10.2 Å². The summed E-state index contributed by atoms with van der Waals surface area (Å²) in [6, 6.07) is 5.37. The van der Waals surface area contributed by atoms with Crippen LogP contribution >= 0.6 is 22.9 Å². The van der Waals surface area contributed by atoms with E-state index in [2.05, 4.69) is 0 Å². The van der Waals surface area contributed by atoms with Gasteiger partial charge in [-0.15, -0.1) is 0 Å². The van der Waals surface area contributed by atoms with Crippen molar-refractivity contribution in [3.63, 3.8) is 0 Å². The van der Waals surface area contributed by atoms with Gasteiger partial charge in [-0.1, -0.05) is 18.2 Å². The van der Waals surface area contributed by atoms with Crippen LogP contribution in [0.25, 0.3) is 0 Å². The van der Waals surface area contributed by atoms with Gasteiger partial charge in [0.05, 0.1) is 5.56 Å². The van der Waals surface area contributed by atoms with Gasteiger partial charge in [-0.3, -0.25) is 0 Å². The standard InChI is InChI=1S/C9H9F3IN/c1-14(13)6-7-3-2-4-8(5-7)9(10,11)12/h2-5H,6H2,1H3. The van der Waals surface area contributed by atoms with Gasteiger partial charge in [-0.25, -0.2) is 3.11 Å². The molecule has 0 N–H and O–H groups in total. The molecule has 78 valence electrons. The van der Waals surface area contributed by atoms with Gasteiger partial charge in [0, 0.05) is 29.4 Å². The van der Waals surface area contributed by atoms with Gasteiger partial charge < -0.3 is 0 Å². The van der Waals surface area contributed by atoms with Crippen LogP contribution in [0.4, 0.5) is 13.2 Å². The molecular weight excluding hydrogens is 306 g/mol. The molecule has 1 aromatic carbocycles. The smallest absolute Gasteiger partial charge is 0.246 e. The van der Waals surface area contributed by atoms with E-state index >= 15 is 0 Å². The van der Waals surface area contributed by atoms with Crippen LogP contribution in [-0.2, 0) is 12.7 Å². The molecule has 1 aromatic rings. The Morgan fingerprint density at radius 3 is 2.50 bits per heavy atom. The summed E-state index contributed by atoms with van der Waals surface area (Å²) in [5.41, 5.74) is 0.0741. The number of hydrogen-bond donors (Lipinski definition) is 0. The molecule has 0 spiro atoms. The molecule has 0 amide bonds. The van der Waals surface area contributed by atoms with Crippen LogP contribution in [0.2, 0.25) is 0 Å². The zero-order valence-electron chi connectivity index (χ0n) is 7.48. The maximum absolute atomic E-state index is 12.3. The lowest BCUT2D eigenvalue weighted by Crippen LogP contribution is -2.08. The van der Waals surface area contributed by atoms with Crippen LogP contribution in [0.1, 0.15) is 11.1 Å². The maximum atomic E-state index is 12.3. The summed E-state index contributed by atoms with van der Waals surface area (Å²) in [7, 11) is 1.81. The average Bonchev–Trinajstić information content (AvgIpc) is 2.01. The number of alkyl halides is 3. The highest BCUT2D eigenvalue weighted by Gasteiger charge is 2.30. The molecule has 0 heterocycles. The largest absolute Gasteiger partial charge is 0.416 e. The average molecular weight is 315 g/mol. The third kappa shape index (κ3) is 3.45. The molecule has 0 aromatic heterocycles. The van der Waals surface area contributed by atoms with E-state index < -0.39 is 11.7 Å². The van der Waals surface area contributed by atoms with Gasteiger partial charge in [0.15, 0.2) is 0 Å². The van der Waals surface area contributed by atoms with E-state index in [0.717, 1.165) is 6.07 Å². The summed E-state index contributed by atoms with van der Waals surface area (Å²) in [5, 5.41) is 0. The predicted octanol–water partition coefficient (Wildman–Crippen LogP) is 3.49. The van der Waals surface area contributed by atoms with Gasteiger partial charge in [0.2, 0.25) is 0 Å². The van der Waals surface area contributed by atoms with Crippen molar-refractivity contribution in [3.05, 3.63) is 35.4 Å². The third-order valence-electron chi connectivity index (χ3n) is 1.65. The first-order valence-corrected chi connectivity index (χ1v) is 4.89. The van der Waals surface area contributed by atoms with Crippen LogP contribution < -0.4 is 0 Å². The molecule has 0 bridgehead atoms. The topological polar surface area (TPSA) is 3.24 Å². The van der Waals surface area contributed by atoms with Gasteiger partial charge in [-0.05, 0) is 18.7 Å². The Morgan fingerprint density at radius 1 is 1.36 bits per heavy atom. The quantitative estimate of drug-likeness (QED) is 0.596. The lowest BCUT2D eigenvalue weighted by molar-refractivity contribution is -0.137. The SMILES string of the molecule is CN(I)Cc1cccc(C(F)(F)F)c1. The molecule has 14 heavy (non-hydrogen) atoms. The van der Waals surface area contributed by atoms with Gasteiger partial charge in [-0.2, -0.15) is 13.2 Å². The number of halogens is 4. The van der Waals surface area contributed by atoms with E-state index in [1.807, 2.05) is 22.9 Å². The van der Waals surface area contributed by atoms with Crippen molar-refractivity contribution in [1.29, 1.82) is 0 Å². The Balaban J connectivity index is 2.90. The van der Waals surface area contributed by atoms with Crippen molar-refractivity contribution in [2.45, 2.75) is 12.7 Å². The number of nitrogens with zero attached hydrogens (tertiary/aromatic N) is 1. The lowest BCUT2D eigenvalue weighted by Gasteiger charge is -2.10. The highest BCUT2D eigenvalue weighted by atomic mass is 127. The molecule has 0 radical (unpaired) electrons. The van der Waals surface area contributed by atoms with Crippen molar-refractivity contribution in [1.82, 2.24) is 3.11 Å². The summed E-state index contributed by atoms with van der Waals surface area (Å²) < 4.78 is 38.7. The lowest BCUT2D eigenvalue weighted by atomic mass is 10.1. The molecule has 0 aliphatic heterocycles. The predicted molar refractivity (Wildman–Crippen MR) is 56.9 cm³/mol. The minimum Gasteiger partial charge on any atom is -0.246 e. The second-order valence-electron chi connectivity index (χ2n) is 2.96. The molecule has 1 nitrogen and oxygen atoms in total. The van der Waals surface area contributed by atoms with Crippen LogP contribution in [0.15, 0.2) is 24.3 Å². The number of benzene rings is 1. The van der Waals surface area contributed by atoms with Crippen LogP contribution in [0.5, 0.6) is 0 Å². The summed E-state index contributed by atoms with van der Waals surface area (Å²) in [6.45, 7) is 0.504. The Hall–Kier alpha value is -0.300. The molecule has 1 rings (SSSR count). The molecule has 0 fully saturated rings. The van der Waals surface area contributed by atoms with Crippen LogP contribution in [0.3, 0.4) is 0 Å². The van der Waals surface area contributed by atoms with Crippen molar-refractivity contribution in [3.8, 4) is 0 Å². The number of hydrogen-bond acceptors (Lipinski definition) is 1. The Labute approximate surface area is 94.4 Å². The molecule has 0 aliphatic rings. The first kappa shape index (κ1) is 11.8.